The van der Waals surface area contributed by atoms with Gasteiger partial charge in [0.1, 0.15) is 5.75 Å². The zero-order chi connectivity index (χ0) is 13.9. The Hall–Kier alpha value is -1.71. The minimum atomic E-state index is 0.322. The lowest BCUT2D eigenvalue weighted by Gasteiger charge is -2.11. The number of aliphatic imine (C=N–C) groups is 1. The number of aryl methyl sites for hydroxylation is 1. The summed E-state index contributed by atoms with van der Waals surface area (Å²) in [4.78, 5) is 4.45. The number of guanidine groups is 1. The van der Waals surface area contributed by atoms with Crippen LogP contribution in [0.25, 0.3) is 0 Å². The van der Waals surface area contributed by atoms with Crippen LogP contribution in [0.3, 0.4) is 0 Å². The molecule has 0 aliphatic rings. The van der Waals surface area contributed by atoms with Gasteiger partial charge in [0.2, 0.25) is 0 Å². The van der Waals surface area contributed by atoms with Gasteiger partial charge in [0.05, 0.1) is 0 Å². The Morgan fingerprint density at radius 2 is 1.89 bits per heavy atom. The second-order valence-electron chi connectivity index (χ2n) is 4.46. The fraction of sp³-hybridized carbons (Fsp3) is 0.533. The Morgan fingerprint density at radius 1 is 1.16 bits per heavy atom. The first-order valence-corrected chi connectivity index (χ1v) is 7.06. The molecule has 0 saturated heterocycles. The normalized spacial score (nSPS) is 11.4. The van der Waals surface area contributed by atoms with Crippen LogP contribution < -0.4 is 10.6 Å². The molecule has 0 aromatic heterocycles. The van der Waals surface area contributed by atoms with Crippen LogP contribution in [-0.4, -0.2) is 30.7 Å². The Bertz CT molecular complexity index is 373. The highest BCUT2D eigenvalue weighted by atomic mass is 16.3. The molecule has 0 bridgehead atoms. The summed E-state index contributed by atoms with van der Waals surface area (Å²) < 4.78 is 0. The van der Waals surface area contributed by atoms with Gasteiger partial charge in [0, 0.05) is 19.6 Å². The van der Waals surface area contributed by atoms with E-state index >= 15 is 0 Å². The SMILES string of the molecule is CCCN=C(NCC)NCCCc1ccc(O)cc1. The van der Waals surface area contributed by atoms with Gasteiger partial charge in [-0.1, -0.05) is 19.1 Å². The van der Waals surface area contributed by atoms with Crippen molar-refractivity contribution in [3.63, 3.8) is 0 Å². The van der Waals surface area contributed by atoms with E-state index in [0.717, 1.165) is 44.9 Å². The van der Waals surface area contributed by atoms with Gasteiger partial charge in [-0.2, -0.15) is 0 Å². The average Bonchev–Trinajstić information content (AvgIpc) is 2.42. The maximum Gasteiger partial charge on any atom is 0.191 e. The van der Waals surface area contributed by atoms with Crippen LogP contribution in [0.15, 0.2) is 29.3 Å². The summed E-state index contributed by atoms with van der Waals surface area (Å²) in [5.41, 5.74) is 1.25. The summed E-state index contributed by atoms with van der Waals surface area (Å²) in [6, 6.07) is 7.39. The highest BCUT2D eigenvalue weighted by molar-refractivity contribution is 5.79. The largest absolute Gasteiger partial charge is 0.508 e. The summed E-state index contributed by atoms with van der Waals surface area (Å²) in [5.74, 6) is 1.22. The summed E-state index contributed by atoms with van der Waals surface area (Å²) in [6.45, 7) is 6.83. The molecule has 0 saturated carbocycles. The molecule has 4 nitrogen and oxygen atoms in total. The zero-order valence-corrected chi connectivity index (χ0v) is 11.9. The first-order chi connectivity index (χ1) is 9.26. The average molecular weight is 263 g/mol. The topological polar surface area (TPSA) is 56.7 Å². The molecule has 4 heteroatoms. The molecule has 0 amide bonds. The van der Waals surface area contributed by atoms with Crippen molar-refractivity contribution in [3.05, 3.63) is 29.8 Å². The van der Waals surface area contributed by atoms with E-state index in [4.69, 9.17) is 0 Å². The number of nitrogens with zero attached hydrogens (tertiary/aromatic N) is 1. The summed E-state index contributed by atoms with van der Waals surface area (Å²) in [7, 11) is 0. The van der Waals surface area contributed by atoms with Crippen LogP contribution in [0.5, 0.6) is 5.75 Å². The lowest BCUT2D eigenvalue weighted by atomic mass is 10.1. The molecule has 1 aromatic rings. The van der Waals surface area contributed by atoms with E-state index in [2.05, 4.69) is 29.5 Å². The fourth-order valence-electron chi connectivity index (χ4n) is 1.73. The standard InChI is InChI=1S/C15H25N3O/c1-3-11-17-15(16-4-2)18-12-5-6-13-7-9-14(19)10-8-13/h7-10,19H,3-6,11-12H2,1-2H3,(H2,16,17,18). The van der Waals surface area contributed by atoms with E-state index in [1.165, 1.54) is 5.56 Å². The van der Waals surface area contributed by atoms with Crippen molar-refractivity contribution >= 4 is 5.96 Å². The predicted molar refractivity (Wildman–Crippen MR) is 80.7 cm³/mol. The van der Waals surface area contributed by atoms with Crippen molar-refractivity contribution in [2.45, 2.75) is 33.1 Å². The number of hydrogen-bond acceptors (Lipinski definition) is 2. The molecule has 0 heterocycles. The molecule has 0 unspecified atom stereocenters. The van der Waals surface area contributed by atoms with Crippen molar-refractivity contribution in [1.82, 2.24) is 10.6 Å². The molecule has 0 fully saturated rings. The first kappa shape index (κ1) is 15.3. The molecule has 1 aromatic carbocycles. The van der Waals surface area contributed by atoms with Gasteiger partial charge in [-0.25, -0.2) is 0 Å². The summed E-state index contributed by atoms with van der Waals surface area (Å²) in [5, 5.41) is 15.8. The Kier molecular flexibility index (Phi) is 7.47. The van der Waals surface area contributed by atoms with Crippen LogP contribution in [0.2, 0.25) is 0 Å². The second-order valence-corrected chi connectivity index (χ2v) is 4.46. The van der Waals surface area contributed by atoms with Crippen LogP contribution >= 0.6 is 0 Å². The van der Waals surface area contributed by atoms with Gasteiger partial charge < -0.3 is 15.7 Å². The third-order valence-electron chi connectivity index (χ3n) is 2.71. The number of aromatic hydroxyl groups is 1. The third-order valence-corrected chi connectivity index (χ3v) is 2.71. The number of rotatable bonds is 7. The monoisotopic (exact) mass is 263 g/mol. The van der Waals surface area contributed by atoms with E-state index in [1.807, 2.05) is 12.1 Å². The van der Waals surface area contributed by atoms with E-state index in [0.29, 0.717) is 5.75 Å². The quantitative estimate of drug-likeness (QED) is 0.402. The molecule has 0 atom stereocenters. The molecular weight excluding hydrogens is 238 g/mol. The fourth-order valence-corrected chi connectivity index (χ4v) is 1.73. The zero-order valence-electron chi connectivity index (χ0n) is 11.9. The summed E-state index contributed by atoms with van der Waals surface area (Å²) in [6.07, 6.45) is 3.10. The van der Waals surface area contributed by atoms with Crippen molar-refractivity contribution in [2.24, 2.45) is 4.99 Å². The number of phenolic OH excluding ortho intramolecular Hbond substituents is 1. The maximum atomic E-state index is 9.21. The van der Waals surface area contributed by atoms with Crippen molar-refractivity contribution < 1.29 is 5.11 Å². The molecule has 19 heavy (non-hydrogen) atoms. The van der Waals surface area contributed by atoms with Crippen LogP contribution in [-0.2, 0) is 6.42 Å². The van der Waals surface area contributed by atoms with Crippen molar-refractivity contribution in [2.75, 3.05) is 19.6 Å². The van der Waals surface area contributed by atoms with Gasteiger partial charge in [0.15, 0.2) is 5.96 Å². The Balaban J connectivity index is 2.26. The molecule has 0 aliphatic carbocycles. The minimum Gasteiger partial charge on any atom is -0.508 e. The number of hydrogen-bond donors (Lipinski definition) is 3. The van der Waals surface area contributed by atoms with Gasteiger partial charge in [-0.3, -0.25) is 4.99 Å². The maximum absolute atomic E-state index is 9.21. The van der Waals surface area contributed by atoms with E-state index in [1.54, 1.807) is 12.1 Å². The number of phenols is 1. The smallest absolute Gasteiger partial charge is 0.191 e. The molecule has 106 valence electrons. The minimum absolute atomic E-state index is 0.322. The Labute approximate surface area is 116 Å². The summed E-state index contributed by atoms with van der Waals surface area (Å²) >= 11 is 0. The van der Waals surface area contributed by atoms with Crippen LogP contribution in [0.4, 0.5) is 0 Å². The van der Waals surface area contributed by atoms with Crippen LogP contribution in [0, 0.1) is 0 Å². The number of benzene rings is 1. The van der Waals surface area contributed by atoms with Crippen molar-refractivity contribution in [1.29, 1.82) is 0 Å². The second kappa shape index (κ2) is 9.25. The molecule has 0 aliphatic heterocycles. The van der Waals surface area contributed by atoms with Crippen LogP contribution in [0.1, 0.15) is 32.3 Å². The predicted octanol–water partition coefficient (Wildman–Crippen LogP) is 2.29. The highest BCUT2D eigenvalue weighted by Crippen LogP contribution is 2.10. The molecule has 1 rings (SSSR count). The van der Waals surface area contributed by atoms with E-state index < -0.39 is 0 Å². The molecule has 0 spiro atoms. The molecule has 3 N–H and O–H groups in total. The van der Waals surface area contributed by atoms with E-state index in [-0.39, 0.29) is 0 Å². The van der Waals surface area contributed by atoms with Gasteiger partial charge in [-0.15, -0.1) is 0 Å². The highest BCUT2D eigenvalue weighted by Gasteiger charge is 1.97. The molecule has 0 radical (unpaired) electrons. The Morgan fingerprint density at radius 3 is 2.53 bits per heavy atom. The first-order valence-electron chi connectivity index (χ1n) is 7.06. The number of nitrogens with one attached hydrogen (secondary N) is 2. The van der Waals surface area contributed by atoms with Crippen molar-refractivity contribution in [3.8, 4) is 5.75 Å². The van der Waals surface area contributed by atoms with Gasteiger partial charge >= 0.3 is 0 Å². The van der Waals surface area contributed by atoms with Gasteiger partial charge in [-0.05, 0) is 43.9 Å². The third kappa shape index (κ3) is 6.70. The molecular formula is C15H25N3O. The van der Waals surface area contributed by atoms with E-state index in [9.17, 15) is 5.11 Å². The lowest BCUT2D eigenvalue weighted by molar-refractivity contribution is 0.475. The van der Waals surface area contributed by atoms with Gasteiger partial charge in [0.25, 0.3) is 0 Å². The lowest BCUT2D eigenvalue weighted by Crippen LogP contribution is -2.38.